The molecule has 28 heavy (non-hydrogen) atoms. The zero-order valence-electron chi connectivity index (χ0n) is 14.5. The number of ether oxygens (including phenoxy) is 2. The molecular formula is C20H14N2O4S2. The number of hydrogen-bond donors (Lipinski definition) is 0. The van der Waals surface area contributed by atoms with Crippen molar-refractivity contribution in [1.82, 2.24) is 0 Å². The van der Waals surface area contributed by atoms with Gasteiger partial charge in [-0.1, -0.05) is 21.6 Å². The van der Waals surface area contributed by atoms with Gasteiger partial charge in [0.05, 0.1) is 34.4 Å². The summed E-state index contributed by atoms with van der Waals surface area (Å²) in [5, 5.41) is 17.7. The molecule has 2 aromatic carbocycles. The number of carbonyl (C=O) groups excluding carboxylic acids is 2. The topological polar surface area (TPSA) is 100 Å². The molecule has 0 radical (unpaired) electrons. The third kappa shape index (κ3) is 4.86. The number of hydrogen-bond acceptors (Lipinski definition) is 8. The van der Waals surface area contributed by atoms with E-state index < -0.39 is 24.1 Å². The number of benzene rings is 2. The zero-order valence-corrected chi connectivity index (χ0v) is 16.2. The minimum absolute atomic E-state index is 0.333. The Balaban J connectivity index is 1.65. The molecule has 2 aromatic rings. The SMILES string of the molecule is N#Cc1ccc(C(=O)OC2CSSCC2OC(=O)c2ccc(C#N)cc2)cc1. The van der Waals surface area contributed by atoms with Crippen LogP contribution in [0.4, 0.5) is 0 Å². The molecule has 1 saturated heterocycles. The summed E-state index contributed by atoms with van der Waals surface area (Å²) in [5.41, 5.74) is 1.57. The van der Waals surface area contributed by atoms with Crippen molar-refractivity contribution in [2.45, 2.75) is 12.2 Å². The first-order chi connectivity index (χ1) is 13.6. The Morgan fingerprint density at radius 1 is 0.750 bits per heavy atom. The molecule has 3 rings (SSSR count). The molecule has 0 saturated carbocycles. The molecule has 2 atom stereocenters. The van der Waals surface area contributed by atoms with Crippen LogP contribution in [0.1, 0.15) is 31.8 Å². The maximum absolute atomic E-state index is 12.4. The number of nitrogens with zero attached hydrogens (tertiary/aromatic N) is 2. The van der Waals surface area contributed by atoms with Gasteiger partial charge in [0, 0.05) is 11.5 Å². The Labute approximate surface area is 169 Å². The second kappa shape index (κ2) is 9.32. The van der Waals surface area contributed by atoms with E-state index in [1.165, 1.54) is 24.3 Å². The fraction of sp³-hybridized carbons (Fsp3) is 0.200. The highest BCUT2D eigenvalue weighted by molar-refractivity contribution is 8.76. The van der Waals surface area contributed by atoms with Crippen molar-refractivity contribution in [2.75, 3.05) is 11.5 Å². The maximum Gasteiger partial charge on any atom is 0.338 e. The average molecular weight is 410 g/mol. The molecule has 1 aliphatic rings. The van der Waals surface area contributed by atoms with Crippen LogP contribution < -0.4 is 0 Å². The third-order valence-electron chi connectivity index (χ3n) is 3.98. The first kappa shape index (κ1) is 19.8. The Hall–Kier alpha value is -2.94. The molecule has 1 fully saturated rings. The second-order valence-electron chi connectivity index (χ2n) is 5.83. The van der Waals surface area contributed by atoms with E-state index in [0.717, 1.165) is 0 Å². The molecule has 0 bridgehead atoms. The minimum Gasteiger partial charge on any atom is -0.454 e. The summed E-state index contributed by atoms with van der Waals surface area (Å²) in [6.45, 7) is 0. The standard InChI is InChI=1S/C20H14N2O4S2/c21-9-13-1-5-15(6-2-13)19(23)25-17-11-27-28-12-18(17)26-20(24)16-7-3-14(10-22)4-8-16/h1-8,17-18H,11-12H2. The van der Waals surface area contributed by atoms with Crippen LogP contribution in [0.3, 0.4) is 0 Å². The van der Waals surface area contributed by atoms with Crippen molar-refractivity contribution in [3.63, 3.8) is 0 Å². The summed E-state index contributed by atoms with van der Waals surface area (Å²) in [5.74, 6) is -0.0569. The first-order valence-electron chi connectivity index (χ1n) is 8.27. The van der Waals surface area contributed by atoms with Crippen LogP contribution >= 0.6 is 21.6 Å². The normalized spacial score (nSPS) is 18.4. The molecule has 2 unspecified atom stereocenters. The molecule has 0 aliphatic carbocycles. The van der Waals surface area contributed by atoms with E-state index in [4.69, 9.17) is 20.0 Å². The van der Waals surface area contributed by atoms with Gasteiger partial charge in [0.1, 0.15) is 12.2 Å². The highest BCUT2D eigenvalue weighted by atomic mass is 33.1. The van der Waals surface area contributed by atoms with Crippen LogP contribution in [0.5, 0.6) is 0 Å². The predicted molar refractivity (Wildman–Crippen MR) is 106 cm³/mol. The molecule has 140 valence electrons. The van der Waals surface area contributed by atoms with E-state index in [-0.39, 0.29) is 0 Å². The number of esters is 2. The Morgan fingerprint density at radius 2 is 1.11 bits per heavy atom. The van der Waals surface area contributed by atoms with Gasteiger partial charge in [-0.2, -0.15) is 10.5 Å². The van der Waals surface area contributed by atoms with Gasteiger partial charge in [-0.05, 0) is 48.5 Å². The minimum atomic E-state index is -0.572. The molecule has 0 amide bonds. The van der Waals surface area contributed by atoms with Crippen molar-refractivity contribution >= 4 is 33.5 Å². The van der Waals surface area contributed by atoms with E-state index in [1.54, 1.807) is 45.9 Å². The van der Waals surface area contributed by atoms with Gasteiger partial charge >= 0.3 is 11.9 Å². The summed E-state index contributed by atoms with van der Waals surface area (Å²) in [6.07, 6.45) is -1.14. The van der Waals surface area contributed by atoms with Crippen molar-refractivity contribution in [1.29, 1.82) is 10.5 Å². The van der Waals surface area contributed by atoms with Crippen LogP contribution in [0, 0.1) is 22.7 Å². The monoisotopic (exact) mass is 410 g/mol. The zero-order chi connectivity index (χ0) is 19.9. The Kier molecular flexibility index (Phi) is 6.59. The second-order valence-corrected chi connectivity index (χ2v) is 8.39. The van der Waals surface area contributed by atoms with Crippen LogP contribution in [0.2, 0.25) is 0 Å². The lowest BCUT2D eigenvalue weighted by molar-refractivity contribution is -0.0212. The highest BCUT2D eigenvalue weighted by Gasteiger charge is 2.33. The summed E-state index contributed by atoms with van der Waals surface area (Å²) in [6, 6.07) is 16.3. The van der Waals surface area contributed by atoms with Gasteiger partial charge < -0.3 is 9.47 Å². The lowest BCUT2D eigenvalue weighted by atomic mass is 10.1. The number of carbonyl (C=O) groups is 2. The van der Waals surface area contributed by atoms with Gasteiger partial charge in [-0.3, -0.25) is 0 Å². The smallest absolute Gasteiger partial charge is 0.338 e. The van der Waals surface area contributed by atoms with Crippen molar-refractivity contribution in [3.8, 4) is 12.1 Å². The molecule has 8 heteroatoms. The quantitative estimate of drug-likeness (QED) is 0.557. The molecule has 0 spiro atoms. The van der Waals surface area contributed by atoms with Crippen molar-refractivity contribution < 1.29 is 19.1 Å². The van der Waals surface area contributed by atoms with Crippen LogP contribution in [0.25, 0.3) is 0 Å². The maximum atomic E-state index is 12.4. The average Bonchev–Trinajstić information content (AvgIpc) is 2.75. The van der Waals surface area contributed by atoms with Crippen molar-refractivity contribution in [2.24, 2.45) is 0 Å². The Morgan fingerprint density at radius 3 is 1.43 bits per heavy atom. The lowest BCUT2D eigenvalue weighted by Crippen LogP contribution is -2.40. The highest BCUT2D eigenvalue weighted by Crippen LogP contribution is 2.33. The molecular weight excluding hydrogens is 396 g/mol. The fourth-order valence-corrected chi connectivity index (χ4v) is 4.85. The Bertz CT molecular complexity index is 867. The van der Waals surface area contributed by atoms with Gasteiger partial charge in [0.25, 0.3) is 0 Å². The molecule has 0 N–H and O–H groups in total. The number of rotatable bonds is 4. The van der Waals surface area contributed by atoms with Crippen LogP contribution in [0.15, 0.2) is 48.5 Å². The van der Waals surface area contributed by atoms with E-state index in [0.29, 0.717) is 33.8 Å². The lowest BCUT2D eigenvalue weighted by Gasteiger charge is -2.29. The van der Waals surface area contributed by atoms with Gasteiger partial charge in [0.2, 0.25) is 0 Å². The fourth-order valence-electron chi connectivity index (χ4n) is 2.44. The number of nitriles is 2. The molecule has 1 aliphatic heterocycles. The van der Waals surface area contributed by atoms with Gasteiger partial charge in [0.15, 0.2) is 0 Å². The summed E-state index contributed by atoms with van der Waals surface area (Å²) in [4.78, 5) is 24.8. The molecule has 0 aromatic heterocycles. The van der Waals surface area contributed by atoms with Gasteiger partial charge in [-0.25, -0.2) is 9.59 Å². The first-order valence-corrected chi connectivity index (χ1v) is 10.8. The predicted octanol–water partition coefficient (Wildman–Crippen LogP) is 3.58. The molecule has 1 heterocycles. The van der Waals surface area contributed by atoms with E-state index >= 15 is 0 Å². The van der Waals surface area contributed by atoms with Crippen LogP contribution in [-0.4, -0.2) is 35.7 Å². The summed E-state index contributed by atoms with van der Waals surface area (Å²) < 4.78 is 11.1. The van der Waals surface area contributed by atoms with E-state index in [2.05, 4.69) is 0 Å². The molecule has 6 nitrogen and oxygen atoms in total. The van der Waals surface area contributed by atoms with E-state index in [9.17, 15) is 9.59 Å². The van der Waals surface area contributed by atoms with Crippen molar-refractivity contribution in [3.05, 3.63) is 70.8 Å². The van der Waals surface area contributed by atoms with E-state index in [1.807, 2.05) is 12.1 Å². The van der Waals surface area contributed by atoms with Crippen LogP contribution in [-0.2, 0) is 9.47 Å². The largest absolute Gasteiger partial charge is 0.454 e. The van der Waals surface area contributed by atoms with Gasteiger partial charge in [-0.15, -0.1) is 0 Å². The summed E-state index contributed by atoms with van der Waals surface area (Å²) >= 11 is 0. The third-order valence-corrected chi connectivity index (χ3v) is 6.39. The summed E-state index contributed by atoms with van der Waals surface area (Å²) in [7, 11) is 3.09.